The maximum Gasteiger partial charge on any atom is 0.409 e. The molecule has 0 fully saturated rings. The molecule has 7 heteroatoms. The normalized spacial score (nSPS) is 22.5. The van der Waals surface area contributed by atoms with E-state index in [0.717, 1.165) is 0 Å². The van der Waals surface area contributed by atoms with Crippen LogP contribution in [0.3, 0.4) is 0 Å². The van der Waals surface area contributed by atoms with Crippen LogP contribution in [0.1, 0.15) is 0 Å². The summed E-state index contributed by atoms with van der Waals surface area (Å²) in [5.74, 6) is -2.58. The van der Waals surface area contributed by atoms with Crippen molar-refractivity contribution in [3.05, 3.63) is 12.1 Å². The van der Waals surface area contributed by atoms with Crippen LogP contribution >= 0.6 is 0 Å². The summed E-state index contributed by atoms with van der Waals surface area (Å²) in [6.45, 7) is 0. The first-order valence-electron chi connectivity index (χ1n) is 2.12. The van der Waals surface area contributed by atoms with E-state index in [0.29, 0.717) is 0 Å². The van der Waals surface area contributed by atoms with Crippen LogP contribution in [0.4, 0.5) is 4.39 Å². The van der Waals surface area contributed by atoms with E-state index >= 15 is 0 Å². The van der Waals surface area contributed by atoms with E-state index in [1.807, 2.05) is 0 Å². The van der Waals surface area contributed by atoms with Crippen LogP contribution in [0.25, 0.3) is 0 Å². The Kier molecular flexibility index (Phi) is 1.36. The minimum absolute atomic E-state index is 0.230. The lowest BCUT2D eigenvalue weighted by Gasteiger charge is -2.07. The highest BCUT2D eigenvalue weighted by molar-refractivity contribution is 7.85. The van der Waals surface area contributed by atoms with Gasteiger partial charge in [0, 0.05) is 0 Å². The zero-order chi connectivity index (χ0) is 7.78. The van der Waals surface area contributed by atoms with Gasteiger partial charge in [0.15, 0.2) is 0 Å². The molecular weight excluding hydrogens is 165 g/mol. The lowest BCUT2D eigenvalue weighted by molar-refractivity contribution is -0.117. The van der Waals surface area contributed by atoms with Crippen molar-refractivity contribution in [3.63, 3.8) is 0 Å². The Labute approximate surface area is 55.7 Å². The second-order valence-corrected chi connectivity index (χ2v) is 2.75. The standard InChI is InChI=1S/C3H2FNO4S/c4-2-1-9-10(7,8)5-3(2)6/h1H,(H,5,6). The van der Waals surface area contributed by atoms with E-state index in [-0.39, 0.29) is 6.26 Å². The summed E-state index contributed by atoms with van der Waals surface area (Å²) in [6.07, 6.45) is 0.230. The summed E-state index contributed by atoms with van der Waals surface area (Å²) >= 11 is 0. The van der Waals surface area contributed by atoms with Crippen molar-refractivity contribution < 1.29 is 21.8 Å². The summed E-state index contributed by atoms with van der Waals surface area (Å²) < 4.78 is 37.5. The molecule has 0 unspecified atom stereocenters. The third kappa shape index (κ3) is 1.24. The van der Waals surface area contributed by atoms with Gasteiger partial charge in [0.05, 0.1) is 0 Å². The van der Waals surface area contributed by atoms with Crippen LogP contribution < -0.4 is 4.72 Å². The van der Waals surface area contributed by atoms with E-state index in [9.17, 15) is 17.6 Å². The van der Waals surface area contributed by atoms with Gasteiger partial charge in [-0.3, -0.25) is 4.79 Å². The Morgan fingerprint density at radius 3 is 2.60 bits per heavy atom. The highest BCUT2D eigenvalue weighted by atomic mass is 32.2. The minimum atomic E-state index is -4.08. The lowest BCUT2D eigenvalue weighted by Crippen LogP contribution is -2.34. The molecule has 0 bridgehead atoms. The van der Waals surface area contributed by atoms with E-state index in [1.54, 1.807) is 0 Å². The van der Waals surface area contributed by atoms with Gasteiger partial charge in [-0.2, -0.15) is 12.8 Å². The zero-order valence-corrected chi connectivity index (χ0v) is 5.31. The molecule has 1 aliphatic rings. The molecule has 1 rings (SSSR count). The number of halogens is 1. The first-order valence-corrected chi connectivity index (χ1v) is 3.53. The molecule has 1 heterocycles. The van der Waals surface area contributed by atoms with Crippen molar-refractivity contribution in [3.8, 4) is 0 Å². The number of carbonyl (C=O) groups excluding carboxylic acids is 1. The Morgan fingerprint density at radius 1 is 1.60 bits per heavy atom. The summed E-state index contributed by atoms with van der Waals surface area (Å²) in [6, 6.07) is 0. The van der Waals surface area contributed by atoms with Gasteiger partial charge in [-0.15, -0.1) is 0 Å². The molecule has 0 aromatic carbocycles. The molecular formula is C3H2FNO4S. The molecule has 1 N–H and O–H groups in total. The molecule has 0 saturated heterocycles. The highest BCUT2D eigenvalue weighted by Gasteiger charge is 2.24. The van der Waals surface area contributed by atoms with Crippen molar-refractivity contribution >= 4 is 16.2 Å². The molecule has 0 aliphatic carbocycles. The summed E-state index contributed by atoms with van der Waals surface area (Å²) in [5, 5.41) is 0. The maximum absolute atomic E-state index is 12.0. The van der Waals surface area contributed by atoms with Crippen molar-refractivity contribution in [1.82, 2.24) is 4.72 Å². The molecule has 1 aliphatic heterocycles. The van der Waals surface area contributed by atoms with Crippen LogP contribution in [0.5, 0.6) is 0 Å². The van der Waals surface area contributed by atoms with Gasteiger partial charge in [0.2, 0.25) is 5.83 Å². The van der Waals surface area contributed by atoms with Gasteiger partial charge < -0.3 is 4.18 Å². The molecule has 0 spiro atoms. The minimum Gasteiger partial charge on any atom is -0.371 e. The Morgan fingerprint density at radius 2 is 2.20 bits per heavy atom. The van der Waals surface area contributed by atoms with Crippen molar-refractivity contribution in [2.45, 2.75) is 0 Å². The van der Waals surface area contributed by atoms with Crippen molar-refractivity contribution in [2.24, 2.45) is 0 Å². The number of amides is 1. The molecule has 1 amide bonds. The van der Waals surface area contributed by atoms with Crippen LogP contribution in [-0.2, 0) is 19.3 Å². The number of hydrogen-bond acceptors (Lipinski definition) is 4. The SMILES string of the molecule is O=C1NS(=O)(=O)OC=C1F. The van der Waals surface area contributed by atoms with Crippen molar-refractivity contribution in [1.29, 1.82) is 0 Å². The van der Waals surface area contributed by atoms with Gasteiger partial charge in [0.1, 0.15) is 6.26 Å². The van der Waals surface area contributed by atoms with E-state index < -0.39 is 22.0 Å². The third-order valence-corrected chi connectivity index (χ3v) is 1.50. The van der Waals surface area contributed by atoms with Crippen molar-refractivity contribution in [2.75, 3.05) is 0 Å². The van der Waals surface area contributed by atoms with Gasteiger partial charge in [0.25, 0.3) is 5.91 Å². The Hall–Kier alpha value is -1.11. The largest absolute Gasteiger partial charge is 0.409 e. The maximum atomic E-state index is 12.0. The third-order valence-electron chi connectivity index (χ3n) is 0.713. The second kappa shape index (κ2) is 1.94. The first kappa shape index (κ1) is 7.00. The van der Waals surface area contributed by atoms with Crippen LogP contribution in [0.2, 0.25) is 0 Å². The quantitative estimate of drug-likeness (QED) is 0.512. The topological polar surface area (TPSA) is 72.5 Å². The van der Waals surface area contributed by atoms with Crippen LogP contribution in [0.15, 0.2) is 12.1 Å². The van der Waals surface area contributed by atoms with Crippen LogP contribution in [-0.4, -0.2) is 14.3 Å². The molecule has 0 atom stereocenters. The van der Waals surface area contributed by atoms with Gasteiger partial charge >= 0.3 is 10.3 Å². The fraction of sp³-hybridized carbons (Fsp3) is 0. The Bertz CT molecular complexity index is 292. The average Bonchev–Trinajstić information content (AvgIpc) is 1.79. The summed E-state index contributed by atoms with van der Waals surface area (Å²) in [4.78, 5) is 10.2. The summed E-state index contributed by atoms with van der Waals surface area (Å²) in [7, 11) is -4.08. The first-order chi connectivity index (χ1) is 4.51. The molecule has 0 radical (unpaired) electrons. The zero-order valence-electron chi connectivity index (χ0n) is 4.50. The van der Waals surface area contributed by atoms with Gasteiger partial charge in [-0.05, 0) is 0 Å². The number of rotatable bonds is 0. The van der Waals surface area contributed by atoms with Gasteiger partial charge in [-0.25, -0.2) is 4.72 Å². The number of nitrogens with one attached hydrogen (secondary N) is 1. The smallest absolute Gasteiger partial charge is 0.371 e. The Balaban J connectivity index is 3.00. The number of carbonyl (C=O) groups is 1. The fourth-order valence-electron chi connectivity index (χ4n) is 0.345. The lowest BCUT2D eigenvalue weighted by atomic mass is 10.6. The molecule has 10 heavy (non-hydrogen) atoms. The van der Waals surface area contributed by atoms with E-state index in [1.165, 1.54) is 4.72 Å². The van der Waals surface area contributed by atoms with E-state index in [2.05, 4.69) is 4.18 Å². The fourth-order valence-corrected chi connectivity index (χ4v) is 0.929. The predicted octanol–water partition coefficient (Wildman–Crippen LogP) is -0.811. The molecule has 0 aromatic heterocycles. The molecule has 56 valence electrons. The highest BCUT2D eigenvalue weighted by Crippen LogP contribution is 2.05. The average molecular weight is 167 g/mol. The second-order valence-electron chi connectivity index (χ2n) is 1.45. The van der Waals surface area contributed by atoms with E-state index in [4.69, 9.17) is 0 Å². The number of hydrogen-bond donors (Lipinski definition) is 1. The molecule has 0 aromatic rings. The van der Waals surface area contributed by atoms with Crippen LogP contribution in [0, 0.1) is 0 Å². The monoisotopic (exact) mass is 167 g/mol. The predicted molar refractivity (Wildman–Crippen MR) is 27.3 cm³/mol. The molecule has 5 nitrogen and oxygen atoms in total. The molecule has 0 saturated carbocycles. The van der Waals surface area contributed by atoms with Gasteiger partial charge in [-0.1, -0.05) is 0 Å². The summed E-state index contributed by atoms with van der Waals surface area (Å²) in [5.41, 5.74) is 0.